The van der Waals surface area contributed by atoms with E-state index in [1.807, 2.05) is 19.1 Å². The van der Waals surface area contributed by atoms with Gasteiger partial charge in [-0.25, -0.2) is 0 Å². The Labute approximate surface area is 154 Å². The van der Waals surface area contributed by atoms with Crippen LogP contribution in [0.1, 0.15) is 71.7 Å². The predicted octanol–water partition coefficient (Wildman–Crippen LogP) is 4.24. The Morgan fingerprint density at radius 2 is 1.96 bits per heavy atom. The van der Waals surface area contributed by atoms with Gasteiger partial charge in [0.15, 0.2) is 5.78 Å². The van der Waals surface area contributed by atoms with Crippen LogP contribution >= 0.6 is 0 Å². The normalized spacial score (nSPS) is 13.7. The minimum atomic E-state index is -0.109. The number of hydrogen-bond donors (Lipinski definition) is 2. The molecule has 1 aliphatic rings. The largest absolute Gasteiger partial charge is 0.387 e. The first-order chi connectivity index (χ1) is 12.5. The number of nitrogens with one attached hydrogen (secondary N) is 2. The molecule has 26 heavy (non-hydrogen) atoms. The lowest BCUT2D eigenvalue weighted by Crippen LogP contribution is -2.26. The van der Waals surface area contributed by atoms with Crippen molar-refractivity contribution in [2.45, 2.75) is 58.4 Å². The molecule has 5 heteroatoms. The number of carbonyl (C=O) groups excluding carboxylic acids is 2. The Balaban J connectivity index is 1.99. The van der Waals surface area contributed by atoms with Gasteiger partial charge in [-0.2, -0.15) is 0 Å². The van der Waals surface area contributed by atoms with Crippen molar-refractivity contribution in [2.75, 3.05) is 12.4 Å². The molecule has 0 atom stereocenters. The third-order valence-electron chi connectivity index (χ3n) is 4.93. The lowest BCUT2D eigenvalue weighted by Gasteiger charge is -2.14. The number of nitrogens with zero attached hydrogens (tertiary/aromatic N) is 1. The van der Waals surface area contributed by atoms with Gasteiger partial charge in [-0.05, 0) is 43.9 Å². The fraction of sp³-hybridized carbons (Fsp3) is 0.476. The molecule has 0 bridgehead atoms. The number of ketones is 1. The monoisotopic (exact) mass is 353 g/mol. The fourth-order valence-electron chi connectivity index (χ4n) is 3.25. The molecule has 138 valence electrons. The number of pyridine rings is 1. The molecule has 3 rings (SSSR count). The number of aromatic nitrogens is 1. The molecular weight excluding hydrogens is 326 g/mol. The van der Waals surface area contributed by atoms with Crippen LogP contribution in [0, 0.1) is 6.92 Å². The zero-order valence-corrected chi connectivity index (χ0v) is 15.8. The van der Waals surface area contributed by atoms with E-state index >= 15 is 0 Å². The predicted molar refractivity (Wildman–Crippen MR) is 105 cm³/mol. The van der Waals surface area contributed by atoms with Crippen molar-refractivity contribution in [3.63, 3.8) is 0 Å². The molecule has 1 aromatic heterocycles. The van der Waals surface area contributed by atoms with Crippen molar-refractivity contribution in [2.24, 2.45) is 0 Å². The van der Waals surface area contributed by atoms with Gasteiger partial charge in [-0.15, -0.1) is 0 Å². The number of anilines is 1. The summed E-state index contributed by atoms with van der Waals surface area (Å²) in [4.78, 5) is 29.6. The lowest BCUT2D eigenvalue weighted by molar-refractivity contribution is 0.0949. The summed E-state index contributed by atoms with van der Waals surface area (Å²) < 4.78 is 0. The lowest BCUT2D eigenvalue weighted by atomic mass is 9.96. The van der Waals surface area contributed by atoms with Gasteiger partial charge in [0, 0.05) is 36.7 Å². The number of benzene rings is 1. The molecule has 2 aromatic rings. The van der Waals surface area contributed by atoms with E-state index in [0.717, 1.165) is 59.8 Å². The van der Waals surface area contributed by atoms with Crippen molar-refractivity contribution in [3.05, 3.63) is 35.0 Å². The molecule has 1 aliphatic carbocycles. The average molecular weight is 353 g/mol. The summed E-state index contributed by atoms with van der Waals surface area (Å²) in [5.41, 5.74) is 3.71. The van der Waals surface area contributed by atoms with Crippen LogP contribution in [0.4, 0.5) is 5.69 Å². The highest BCUT2D eigenvalue weighted by molar-refractivity contribution is 6.09. The van der Waals surface area contributed by atoms with E-state index in [1.54, 1.807) is 13.2 Å². The SMILES string of the molecule is CCCCCC(=O)c1cc2c(NC)c(C(=O)NC3CC3)cnc2cc1C. The van der Waals surface area contributed by atoms with Crippen LogP contribution in [0.25, 0.3) is 10.9 Å². The number of hydrogen-bond acceptors (Lipinski definition) is 4. The average Bonchev–Trinajstić information content (AvgIpc) is 3.44. The molecule has 1 amide bonds. The van der Waals surface area contributed by atoms with Crippen LogP contribution < -0.4 is 10.6 Å². The smallest absolute Gasteiger partial charge is 0.255 e. The van der Waals surface area contributed by atoms with E-state index < -0.39 is 0 Å². The first kappa shape index (κ1) is 18.4. The van der Waals surface area contributed by atoms with Crippen molar-refractivity contribution >= 4 is 28.3 Å². The molecule has 0 unspecified atom stereocenters. The maximum atomic E-state index is 12.6. The summed E-state index contributed by atoms with van der Waals surface area (Å²) in [5.74, 6) is 0.0513. The van der Waals surface area contributed by atoms with Gasteiger partial charge >= 0.3 is 0 Å². The summed E-state index contributed by atoms with van der Waals surface area (Å²) in [6.07, 6.45) is 7.32. The van der Waals surface area contributed by atoms with E-state index in [-0.39, 0.29) is 17.7 Å². The van der Waals surface area contributed by atoms with Crippen LogP contribution in [0.2, 0.25) is 0 Å². The third-order valence-corrected chi connectivity index (χ3v) is 4.93. The molecule has 0 saturated heterocycles. The molecule has 1 aromatic carbocycles. The Hall–Kier alpha value is -2.43. The minimum absolute atomic E-state index is 0.109. The van der Waals surface area contributed by atoms with Gasteiger partial charge in [0.1, 0.15) is 0 Å². The highest BCUT2D eigenvalue weighted by Crippen LogP contribution is 2.30. The fourth-order valence-corrected chi connectivity index (χ4v) is 3.25. The molecule has 2 N–H and O–H groups in total. The van der Waals surface area contributed by atoms with Crippen molar-refractivity contribution in [1.82, 2.24) is 10.3 Å². The Bertz CT molecular complexity index is 841. The molecule has 1 fully saturated rings. The molecule has 0 spiro atoms. The molecule has 1 saturated carbocycles. The quantitative estimate of drug-likeness (QED) is 0.550. The zero-order valence-electron chi connectivity index (χ0n) is 15.8. The van der Waals surface area contributed by atoms with Gasteiger partial charge in [0.05, 0.1) is 16.8 Å². The van der Waals surface area contributed by atoms with Crippen LogP contribution in [0.5, 0.6) is 0 Å². The highest BCUT2D eigenvalue weighted by Gasteiger charge is 2.25. The second-order valence-electron chi connectivity index (χ2n) is 7.11. The van der Waals surface area contributed by atoms with E-state index in [9.17, 15) is 9.59 Å². The molecule has 1 heterocycles. The summed E-state index contributed by atoms with van der Waals surface area (Å²) in [6, 6.07) is 4.12. The zero-order chi connectivity index (χ0) is 18.7. The number of aryl methyl sites for hydroxylation is 1. The summed E-state index contributed by atoms with van der Waals surface area (Å²) >= 11 is 0. The summed E-state index contributed by atoms with van der Waals surface area (Å²) in [6.45, 7) is 4.08. The van der Waals surface area contributed by atoms with E-state index in [2.05, 4.69) is 22.5 Å². The second-order valence-corrected chi connectivity index (χ2v) is 7.11. The summed E-state index contributed by atoms with van der Waals surface area (Å²) in [5, 5.41) is 6.97. The maximum Gasteiger partial charge on any atom is 0.255 e. The third kappa shape index (κ3) is 3.87. The molecular formula is C21H27N3O2. The topological polar surface area (TPSA) is 71.1 Å². The number of fused-ring (bicyclic) bond motifs is 1. The number of rotatable bonds is 8. The first-order valence-corrected chi connectivity index (χ1v) is 9.50. The number of Topliss-reactive ketones (excluding diaryl/α,β-unsaturated/α-hetero) is 1. The van der Waals surface area contributed by atoms with E-state index in [4.69, 9.17) is 0 Å². The van der Waals surface area contributed by atoms with Crippen LogP contribution in [-0.4, -0.2) is 29.8 Å². The highest BCUT2D eigenvalue weighted by atomic mass is 16.1. The van der Waals surface area contributed by atoms with E-state index in [0.29, 0.717) is 12.0 Å². The van der Waals surface area contributed by atoms with Gasteiger partial charge in [-0.1, -0.05) is 19.8 Å². The second kappa shape index (κ2) is 7.85. The standard InChI is InChI=1S/C21H27N3O2/c1-4-5-6-7-19(25)15-11-16-18(10-13(15)2)23-12-17(20(16)22-3)21(26)24-14-8-9-14/h10-12,14H,4-9H2,1-3H3,(H,22,23)(H,24,26). The molecule has 0 radical (unpaired) electrons. The van der Waals surface area contributed by atoms with E-state index in [1.165, 1.54) is 0 Å². The van der Waals surface area contributed by atoms with Gasteiger partial charge in [-0.3, -0.25) is 14.6 Å². The van der Waals surface area contributed by atoms with Crippen molar-refractivity contribution in [3.8, 4) is 0 Å². The first-order valence-electron chi connectivity index (χ1n) is 9.50. The number of amides is 1. The van der Waals surface area contributed by atoms with Gasteiger partial charge < -0.3 is 10.6 Å². The Morgan fingerprint density at radius 1 is 1.19 bits per heavy atom. The van der Waals surface area contributed by atoms with Gasteiger partial charge in [0.25, 0.3) is 5.91 Å². The Morgan fingerprint density at radius 3 is 2.62 bits per heavy atom. The van der Waals surface area contributed by atoms with Crippen LogP contribution in [0.3, 0.4) is 0 Å². The molecule has 0 aliphatic heterocycles. The maximum absolute atomic E-state index is 12.6. The Kier molecular flexibility index (Phi) is 5.55. The minimum Gasteiger partial charge on any atom is -0.387 e. The van der Waals surface area contributed by atoms with Crippen LogP contribution in [-0.2, 0) is 0 Å². The van der Waals surface area contributed by atoms with Gasteiger partial charge in [0.2, 0.25) is 0 Å². The van der Waals surface area contributed by atoms with Crippen molar-refractivity contribution in [1.29, 1.82) is 0 Å². The van der Waals surface area contributed by atoms with Crippen molar-refractivity contribution < 1.29 is 9.59 Å². The number of unbranched alkanes of at least 4 members (excludes halogenated alkanes) is 2. The summed E-state index contributed by atoms with van der Waals surface area (Å²) in [7, 11) is 1.80. The van der Waals surface area contributed by atoms with Crippen LogP contribution in [0.15, 0.2) is 18.3 Å². The molecule has 5 nitrogen and oxygen atoms in total. The number of carbonyl (C=O) groups is 2.